The average molecular weight is 655 g/mol. The van der Waals surface area contributed by atoms with Gasteiger partial charge in [-0.1, -0.05) is 67.7 Å². The van der Waals surface area contributed by atoms with E-state index in [9.17, 15) is 19.6 Å². The van der Waals surface area contributed by atoms with E-state index in [0.717, 1.165) is 44.1 Å². The Morgan fingerprint density at radius 1 is 0.891 bits per heavy atom. The van der Waals surface area contributed by atoms with Crippen LogP contribution in [0.25, 0.3) is 0 Å². The molecule has 46 heavy (non-hydrogen) atoms. The fourth-order valence-corrected chi connectivity index (χ4v) is 6.12. The van der Waals surface area contributed by atoms with Gasteiger partial charge in [-0.3, -0.25) is 13.8 Å². The molecule has 1 amide bonds. The lowest BCUT2D eigenvalue weighted by Gasteiger charge is -2.25. The molecule has 0 atom stereocenters. The molecule has 3 N–H and O–H groups in total. The Balaban J connectivity index is 1.96. The molecule has 3 rings (SSSR count). The lowest BCUT2D eigenvalue weighted by atomic mass is 10.1. The molecule has 1 aliphatic rings. The van der Waals surface area contributed by atoms with Crippen LogP contribution in [0.4, 0.5) is 17.1 Å². The summed E-state index contributed by atoms with van der Waals surface area (Å²) in [6.45, 7) is 12.9. The highest BCUT2D eigenvalue weighted by molar-refractivity contribution is 7.48. The largest absolute Gasteiger partial charge is 0.530 e. The van der Waals surface area contributed by atoms with Crippen LogP contribution in [-0.4, -0.2) is 35.9 Å². The van der Waals surface area contributed by atoms with Gasteiger partial charge in [0.15, 0.2) is 5.75 Å². The van der Waals surface area contributed by atoms with Crippen LogP contribution >= 0.6 is 7.82 Å². The number of hydrogen-bond donors (Lipinski definition) is 3. The van der Waals surface area contributed by atoms with Gasteiger partial charge in [-0.2, -0.15) is 0 Å². The van der Waals surface area contributed by atoms with Gasteiger partial charge in [0.2, 0.25) is 0 Å². The number of aromatic hydroxyl groups is 2. The fraction of sp³-hybridized carbons (Fsp3) is 0.472. The Morgan fingerprint density at radius 3 is 2.15 bits per heavy atom. The second kappa shape index (κ2) is 18.0. The molecule has 0 saturated carbocycles. The minimum atomic E-state index is -4.11. The summed E-state index contributed by atoms with van der Waals surface area (Å²) in [7, 11) is -4.11. The van der Waals surface area contributed by atoms with Gasteiger partial charge in [-0.25, -0.2) is 4.57 Å². The molecule has 0 aromatic heterocycles. The molecule has 0 spiro atoms. The number of fused-ring (bicyclic) bond motifs is 2. The van der Waals surface area contributed by atoms with Gasteiger partial charge >= 0.3 is 7.82 Å². The van der Waals surface area contributed by atoms with Gasteiger partial charge in [0.25, 0.3) is 5.91 Å². The number of nitrogens with one attached hydrogen (secondary N) is 1. The molecule has 1 heterocycles. The Morgan fingerprint density at radius 2 is 1.52 bits per heavy atom. The number of nitrogens with zero attached hydrogens (tertiary/aromatic N) is 1. The topological polar surface area (TPSA) is 118 Å². The molecule has 0 aliphatic carbocycles. The highest BCUT2D eigenvalue weighted by Crippen LogP contribution is 2.55. The number of rotatable bonds is 18. The molecule has 0 unspecified atom stereocenters. The van der Waals surface area contributed by atoms with Crippen molar-refractivity contribution in [3.8, 4) is 17.2 Å². The first kappa shape index (κ1) is 36.9. The van der Waals surface area contributed by atoms with Crippen LogP contribution < -0.4 is 14.7 Å². The van der Waals surface area contributed by atoms with E-state index in [1.807, 2.05) is 26.8 Å². The number of allylic oxidation sites excluding steroid dienone is 5. The molecule has 0 radical (unpaired) electrons. The van der Waals surface area contributed by atoms with Crippen molar-refractivity contribution in [1.29, 1.82) is 0 Å². The van der Waals surface area contributed by atoms with Gasteiger partial charge in [0, 0.05) is 18.7 Å². The summed E-state index contributed by atoms with van der Waals surface area (Å²) < 4.78 is 31.0. The number of anilines is 3. The van der Waals surface area contributed by atoms with Crippen LogP contribution in [0.1, 0.15) is 103 Å². The molecule has 1 aliphatic heterocycles. The van der Waals surface area contributed by atoms with Crippen LogP contribution in [0.2, 0.25) is 0 Å². The zero-order chi connectivity index (χ0) is 33.7. The third kappa shape index (κ3) is 10.8. The van der Waals surface area contributed by atoms with Crippen molar-refractivity contribution in [2.24, 2.45) is 0 Å². The van der Waals surface area contributed by atoms with Gasteiger partial charge < -0.3 is 25.0 Å². The summed E-state index contributed by atoms with van der Waals surface area (Å²) in [6.07, 6.45) is 13.2. The van der Waals surface area contributed by atoms with Gasteiger partial charge in [0.1, 0.15) is 17.2 Å². The molecule has 2 aromatic rings. The number of carbonyl (C=O) groups excluding carboxylic acids is 1. The quantitative estimate of drug-likeness (QED) is 0.0478. The number of amides is 1. The first-order valence-corrected chi connectivity index (χ1v) is 17.7. The number of benzene rings is 2. The molecular formula is C36H51N2O7P. The zero-order valence-corrected chi connectivity index (χ0v) is 29.1. The number of phosphoric acid groups is 1. The lowest BCUT2D eigenvalue weighted by molar-refractivity contribution is 0.0990. The number of para-hydroxylation sites is 1. The van der Waals surface area contributed by atoms with E-state index in [1.54, 1.807) is 12.1 Å². The van der Waals surface area contributed by atoms with Crippen LogP contribution in [0.15, 0.2) is 65.3 Å². The monoisotopic (exact) mass is 654 g/mol. The van der Waals surface area contributed by atoms with E-state index >= 15 is 0 Å². The fourth-order valence-electron chi connectivity index (χ4n) is 4.85. The van der Waals surface area contributed by atoms with Crippen LogP contribution in [0.3, 0.4) is 0 Å². The van der Waals surface area contributed by atoms with Crippen molar-refractivity contribution < 1.29 is 33.1 Å². The van der Waals surface area contributed by atoms with Gasteiger partial charge in [-0.05, 0) is 78.4 Å². The first-order valence-electron chi connectivity index (χ1n) is 16.3. The summed E-state index contributed by atoms with van der Waals surface area (Å²) in [5.41, 5.74) is 4.73. The predicted molar refractivity (Wildman–Crippen MR) is 187 cm³/mol. The molecule has 0 bridgehead atoms. The number of phosphoric ester groups is 1. The average Bonchev–Trinajstić information content (AvgIpc) is 3.11. The number of phenols is 2. The first-order chi connectivity index (χ1) is 22.0. The van der Waals surface area contributed by atoms with E-state index in [1.165, 1.54) is 34.2 Å². The minimum Gasteiger partial charge on any atom is -0.508 e. The predicted octanol–water partition coefficient (Wildman–Crippen LogP) is 10.3. The third-order valence-corrected chi connectivity index (χ3v) is 8.99. The highest BCUT2D eigenvalue weighted by atomic mass is 31.2. The molecule has 9 nitrogen and oxygen atoms in total. The summed E-state index contributed by atoms with van der Waals surface area (Å²) >= 11 is 0. The van der Waals surface area contributed by atoms with E-state index < -0.39 is 7.82 Å². The maximum atomic E-state index is 14.0. The van der Waals surface area contributed by atoms with Crippen molar-refractivity contribution in [3.63, 3.8) is 0 Å². The van der Waals surface area contributed by atoms with Crippen LogP contribution in [0.5, 0.6) is 17.2 Å². The normalized spacial score (nSPS) is 13.5. The van der Waals surface area contributed by atoms with E-state index in [0.29, 0.717) is 18.5 Å². The van der Waals surface area contributed by atoms with E-state index in [2.05, 4.69) is 38.2 Å². The number of carbonyl (C=O) groups is 1. The summed E-state index contributed by atoms with van der Waals surface area (Å²) in [5, 5.41) is 24.7. The lowest BCUT2D eigenvalue weighted by Crippen LogP contribution is -2.30. The zero-order valence-electron chi connectivity index (χ0n) is 28.2. The van der Waals surface area contributed by atoms with Crippen molar-refractivity contribution >= 4 is 30.8 Å². The Kier molecular flexibility index (Phi) is 14.4. The third-order valence-electron chi connectivity index (χ3n) is 7.57. The van der Waals surface area contributed by atoms with Crippen LogP contribution in [0, 0.1) is 0 Å². The van der Waals surface area contributed by atoms with E-state index in [4.69, 9.17) is 13.6 Å². The molecule has 0 saturated heterocycles. The number of phenolic OH excluding ortho intramolecular Hbond substituents is 2. The summed E-state index contributed by atoms with van der Waals surface area (Å²) in [4.78, 5) is 15.5. The molecule has 252 valence electrons. The molecule has 2 aromatic carbocycles. The smallest absolute Gasteiger partial charge is 0.508 e. The minimum absolute atomic E-state index is 0.0327. The standard InChI is InChI=1S/C36H51N2O7P/c1-7-9-22-43-46(42,44-23-10-8-2)45-33-25-29(39)24-31-35(33)37-34-30(18-13-19-32(34)40)36(41)38(31)21-20-28(6)17-12-16-27(5)15-11-14-26(3)4/h13-14,16,18-20,24-25,37,39-40H,7-12,15,17,21-23H2,1-6H3/b27-16+,28-20+. The summed E-state index contributed by atoms with van der Waals surface area (Å²) in [5.74, 6) is -0.756. The van der Waals surface area contributed by atoms with Gasteiger partial charge in [-0.15, -0.1) is 0 Å². The number of unbranched alkanes of at least 4 members (excludes halogenated alkanes) is 2. The maximum Gasteiger partial charge on any atom is 0.530 e. The molecule has 0 fully saturated rings. The maximum absolute atomic E-state index is 14.0. The second-order valence-corrected chi connectivity index (χ2v) is 13.5. The van der Waals surface area contributed by atoms with E-state index in [-0.39, 0.29) is 59.9 Å². The van der Waals surface area contributed by atoms with Gasteiger partial charge in [0.05, 0.1) is 30.2 Å². The van der Waals surface area contributed by atoms with Crippen LogP contribution in [-0.2, 0) is 13.6 Å². The Bertz CT molecular complexity index is 1460. The van der Waals surface area contributed by atoms with Crippen molar-refractivity contribution in [3.05, 3.63) is 70.8 Å². The van der Waals surface area contributed by atoms with Crippen molar-refractivity contribution in [2.75, 3.05) is 30.0 Å². The molecular weight excluding hydrogens is 603 g/mol. The molecule has 10 heteroatoms. The van der Waals surface area contributed by atoms with Crippen molar-refractivity contribution in [1.82, 2.24) is 0 Å². The number of hydrogen-bond acceptors (Lipinski definition) is 8. The second-order valence-electron chi connectivity index (χ2n) is 12.0. The van der Waals surface area contributed by atoms with Crippen molar-refractivity contribution in [2.45, 2.75) is 92.9 Å². The Hall–Kier alpha value is -3.52. The summed E-state index contributed by atoms with van der Waals surface area (Å²) in [6, 6.07) is 7.43. The Labute approximate surface area is 274 Å². The highest BCUT2D eigenvalue weighted by Gasteiger charge is 2.34. The SMILES string of the molecule is CCCCOP(=O)(OCCCC)Oc1cc(O)cc2c1Nc1c(O)cccc1C(=O)N2C/C=C(\C)CC/C=C(\C)CCC=C(C)C.